The quantitative estimate of drug-likeness (QED) is 0.713. The number of aromatic nitrogens is 6. The summed E-state index contributed by atoms with van der Waals surface area (Å²) >= 11 is 5.94. The molecule has 0 amide bonds. The molecule has 0 saturated carbocycles. The molecule has 2 aromatic heterocycles. The highest BCUT2D eigenvalue weighted by Crippen LogP contribution is 2.13. The Bertz CT molecular complexity index is 847. The number of nitrogens with zero attached hydrogens (tertiary/aromatic N) is 5. The monoisotopic (exact) mass is 303 g/mol. The number of nitrogens with one attached hydrogen (secondary N) is 2. The minimum absolute atomic E-state index is 0.157. The minimum Gasteiger partial charge on any atom is -0.295 e. The van der Waals surface area contributed by atoms with Gasteiger partial charge in [-0.3, -0.25) is 9.89 Å². The van der Waals surface area contributed by atoms with E-state index >= 15 is 0 Å². The number of halogens is 1. The number of hydrogen-bond donors (Lipinski definition) is 2. The largest absolute Gasteiger partial charge is 0.295 e. The van der Waals surface area contributed by atoms with Crippen LogP contribution >= 0.6 is 11.6 Å². The predicted octanol–water partition coefficient (Wildman–Crippen LogP) is 1.39. The van der Waals surface area contributed by atoms with Crippen molar-refractivity contribution in [3.8, 4) is 5.69 Å². The van der Waals surface area contributed by atoms with Gasteiger partial charge < -0.3 is 0 Å². The van der Waals surface area contributed by atoms with Crippen LogP contribution in [0.15, 0.2) is 34.1 Å². The third-order valence-corrected chi connectivity index (χ3v) is 3.06. The number of aryl methyl sites for hydroxylation is 1. The lowest BCUT2D eigenvalue weighted by molar-refractivity contribution is 0.835. The van der Waals surface area contributed by atoms with Crippen LogP contribution in [-0.4, -0.2) is 36.6 Å². The van der Waals surface area contributed by atoms with Crippen molar-refractivity contribution in [1.82, 2.24) is 30.4 Å². The fourth-order valence-corrected chi connectivity index (χ4v) is 2.03. The van der Waals surface area contributed by atoms with Crippen molar-refractivity contribution in [3.05, 3.63) is 50.9 Å². The molecule has 106 valence electrons. The molecule has 8 nitrogen and oxygen atoms in total. The van der Waals surface area contributed by atoms with Crippen LogP contribution in [0, 0.1) is 6.92 Å². The molecule has 2 heterocycles. The van der Waals surface area contributed by atoms with E-state index in [1.54, 1.807) is 31.2 Å². The normalized spacial score (nSPS) is 11.3. The summed E-state index contributed by atoms with van der Waals surface area (Å²) in [5.74, 6) is 0.157. The fraction of sp³-hybridized carbons (Fsp3) is 0.0833. The third kappa shape index (κ3) is 2.61. The van der Waals surface area contributed by atoms with E-state index in [1.807, 2.05) is 0 Å². The molecule has 0 aliphatic carbocycles. The average molecular weight is 304 g/mol. The van der Waals surface area contributed by atoms with Gasteiger partial charge in [-0.1, -0.05) is 22.8 Å². The van der Waals surface area contributed by atoms with Crippen LogP contribution in [0.1, 0.15) is 11.3 Å². The molecular weight excluding hydrogens is 294 g/mol. The number of aliphatic imine (C=N–C) groups is 1. The first-order chi connectivity index (χ1) is 10.1. The second-order valence-corrected chi connectivity index (χ2v) is 4.68. The second-order valence-electron chi connectivity index (χ2n) is 4.24. The van der Waals surface area contributed by atoms with Crippen LogP contribution in [0.3, 0.4) is 0 Å². The Balaban J connectivity index is 2.03. The molecular formula is C12H10ClN7O. The standard InChI is InChI=1S/C12H10ClN7O/c1-7-10(6-14-12-15-18-19-16-12)11(21)20(17-7)9-4-2-3-8(13)5-9/h2-6,17H,1H3,(H,15,16,18,19)/b14-6+. The summed E-state index contributed by atoms with van der Waals surface area (Å²) in [4.78, 5) is 16.4. The van der Waals surface area contributed by atoms with E-state index in [-0.39, 0.29) is 11.5 Å². The van der Waals surface area contributed by atoms with Gasteiger partial charge in [-0.2, -0.15) is 5.21 Å². The van der Waals surface area contributed by atoms with E-state index in [2.05, 4.69) is 30.7 Å². The van der Waals surface area contributed by atoms with E-state index in [0.29, 0.717) is 22.0 Å². The number of H-pyrrole nitrogens is 2. The van der Waals surface area contributed by atoms with Gasteiger partial charge in [-0.15, -0.1) is 5.10 Å². The fourth-order valence-electron chi connectivity index (χ4n) is 1.84. The van der Waals surface area contributed by atoms with Crippen LogP contribution < -0.4 is 5.56 Å². The zero-order valence-electron chi connectivity index (χ0n) is 10.9. The van der Waals surface area contributed by atoms with Gasteiger partial charge in [0.15, 0.2) is 0 Å². The Hall–Kier alpha value is -2.74. The van der Waals surface area contributed by atoms with Crippen molar-refractivity contribution < 1.29 is 0 Å². The van der Waals surface area contributed by atoms with Crippen LogP contribution in [0.4, 0.5) is 5.95 Å². The molecule has 0 fully saturated rings. The molecule has 3 aromatic rings. The maximum atomic E-state index is 12.4. The first-order valence-corrected chi connectivity index (χ1v) is 6.38. The zero-order valence-corrected chi connectivity index (χ0v) is 11.7. The smallest absolute Gasteiger partial charge is 0.288 e. The molecule has 9 heteroatoms. The highest BCUT2D eigenvalue weighted by molar-refractivity contribution is 6.30. The van der Waals surface area contributed by atoms with E-state index in [1.165, 1.54) is 10.9 Å². The summed E-state index contributed by atoms with van der Waals surface area (Å²) in [5.41, 5.74) is 1.50. The molecule has 0 radical (unpaired) electrons. The van der Waals surface area contributed by atoms with Gasteiger partial charge in [0, 0.05) is 16.9 Å². The maximum Gasteiger partial charge on any atom is 0.288 e. The van der Waals surface area contributed by atoms with Gasteiger partial charge in [0.05, 0.1) is 11.3 Å². The second kappa shape index (κ2) is 5.33. The first kappa shape index (κ1) is 13.3. The Morgan fingerprint density at radius 2 is 2.29 bits per heavy atom. The number of benzene rings is 1. The lowest BCUT2D eigenvalue weighted by atomic mass is 10.3. The summed E-state index contributed by atoms with van der Waals surface area (Å²) in [6.45, 7) is 1.78. The van der Waals surface area contributed by atoms with E-state index in [4.69, 9.17) is 11.6 Å². The van der Waals surface area contributed by atoms with E-state index < -0.39 is 0 Å². The molecule has 0 unspecified atom stereocenters. The topological polar surface area (TPSA) is 105 Å². The average Bonchev–Trinajstić information content (AvgIpc) is 3.06. The summed E-state index contributed by atoms with van der Waals surface area (Å²) < 4.78 is 1.40. The van der Waals surface area contributed by atoms with Crippen molar-refractivity contribution in [3.63, 3.8) is 0 Å². The molecule has 0 saturated heterocycles. The minimum atomic E-state index is -0.234. The molecule has 1 aromatic carbocycles. The molecule has 0 spiro atoms. The highest BCUT2D eigenvalue weighted by atomic mass is 35.5. The van der Waals surface area contributed by atoms with Gasteiger partial charge in [-0.25, -0.2) is 9.67 Å². The molecule has 2 N–H and O–H groups in total. The van der Waals surface area contributed by atoms with Crippen molar-refractivity contribution in [2.45, 2.75) is 6.92 Å². The number of hydrogen-bond acceptors (Lipinski definition) is 5. The molecule has 0 aliphatic rings. The van der Waals surface area contributed by atoms with Gasteiger partial charge >= 0.3 is 0 Å². The van der Waals surface area contributed by atoms with Gasteiger partial charge in [0.2, 0.25) is 0 Å². The van der Waals surface area contributed by atoms with E-state index in [9.17, 15) is 4.79 Å². The van der Waals surface area contributed by atoms with Crippen LogP contribution in [0.2, 0.25) is 5.02 Å². The van der Waals surface area contributed by atoms with Crippen LogP contribution in [-0.2, 0) is 0 Å². The lowest BCUT2D eigenvalue weighted by Crippen LogP contribution is -2.17. The maximum absolute atomic E-state index is 12.4. The van der Waals surface area contributed by atoms with Gasteiger partial charge in [0.1, 0.15) is 0 Å². The first-order valence-electron chi connectivity index (χ1n) is 6.00. The SMILES string of the molecule is Cc1[nH]n(-c2cccc(Cl)c2)c(=O)c1/C=N/c1nn[nH]n1. The highest BCUT2D eigenvalue weighted by Gasteiger charge is 2.11. The van der Waals surface area contributed by atoms with Gasteiger partial charge in [-0.05, 0) is 30.3 Å². The molecule has 0 bridgehead atoms. The van der Waals surface area contributed by atoms with E-state index in [0.717, 1.165) is 0 Å². The Kier molecular flexibility index (Phi) is 3.36. The Morgan fingerprint density at radius 3 is 3.00 bits per heavy atom. The predicted molar refractivity (Wildman–Crippen MR) is 77.6 cm³/mol. The van der Waals surface area contributed by atoms with Crippen molar-refractivity contribution in [1.29, 1.82) is 0 Å². The number of aromatic amines is 2. The Labute approximate surface area is 123 Å². The number of tetrazole rings is 1. The molecule has 0 aliphatic heterocycles. The van der Waals surface area contributed by atoms with Crippen LogP contribution in [0.5, 0.6) is 0 Å². The molecule has 21 heavy (non-hydrogen) atoms. The van der Waals surface area contributed by atoms with Crippen molar-refractivity contribution >= 4 is 23.8 Å². The summed E-state index contributed by atoms with van der Waals surface area (Å²) in [6.07, 6.45) is 1.40. The van der Waals surface area contributed by atoms with Crippen LogP contribution in [0.25, 0.3) is 5.69 Å². The summed E-state index contributed by atoms with van der Waals surface area (Å²) in [6, 6.07) is 6.99. The Morgan fingerprint density at radius 1 is 1.43 bits per heavy atom. The molecule has 3 rings (SSSR count). The summed E-state index contributed by atoms with van der Waals surface area (Å²) in [7, 11) is 0. The molecule has 0 atom stereocenters. The van der Waals surface area contributed by atoms with Gasteiger partial charge in [0.25, 0.3) is 11.5 Å². The number of rotatable bonds is 3. The lowest BCUT2D eigenvalue weighted by Gasteiger charge is -2.01. The van der Waals surface area contributed by atoms with Crippen molar-refractivity contribution in [2.24, 2.45) is 4.99 Å². The third-order valence-electron chi connectivity index (χ3n) is 2.83. The zero-order chi connectivity index (χ0) is 14.8. The van der Waals surface area contributed by atoms with Crippen molar-refractivity contribution in [2.75, 3.05) is 0 Å². The summed E-state index contributed by atoms with van der Waals surface area (Å²) in [5, 5.41) is 16.6.